The molecule has 0 aromatic heterocycles. The molecular weight excluding hydrogens is 276 g/mol. The fourth-order valence-electron chi connectivity index (χ4n) is 2.28. The molecular formula is C15H21BrO. The van der Waals surface area contributed by atoms with Crippen LogP contribution < -0.4 is 4.74 Å². The van der Waals surface area contributed by atoms with Crippen LogP contribution in [0, 0.1) is 5.92 Å². The van der Waals surface area contributed by atoms with Gasteiger partial charge in [-0.25, -0.2) is 0 Å². The molecule has 0 fully saturated rings. The minimum Gasteiger partial charge on any atom is -0.490 e. The lowest BCUT2D eigenvalue weighted by molar-refractivity contribution is 0.254. The van der Waals surface area contributed by atoms with Gasteiger partial charge >= 0.3 is 0 Å². The van der Waals surface area contributed by atoms with Gasteiger partial charge in [0.1, 0.15) is 11.9 Å². The van der Waals surface area contributed by atoms with Gasteiger partial charge in [-0.1, -0.05) is 41.9 Å². The standard InChI is InChI=1S/C15H21BrO/c1-10(2)4-6-14(16)12-5-7-15-13(9-12)8-11(3)17-15/h5,7,9-11,14H,4,6,8H2,1-3H3. The summed E-state index contributed by atoms with van der Waals surface area (Å²) in [6.07, 6.45) is 3.85. The molecule has 0 saturated carbocycles. The average Bonchev–Trinajstić information content (AvgIpc) is 2.64. The number of rotatable bonds is 4. The highest BCUT2D eigenvalue weighted by Crippen LogP contribution is 2.35. The average molecular weight is 297 g/mol. The molecule has 2 atom stereocenters. The molecule has 0 aliphatic carbocycles. The van der Waals surface area contributed by atoms with Crippen molar-refractivity contribution in [3.05, 3.63) is 29.3 Å². The first-order valence-electron chi connectivity index (χ1n) is 6.50. The zero-order chi connectivity index (χ0) is 12.4. The van der Waals surface area contributed by atoms with Crippen LogP contribution in [0.5, 0.6) is 5.75 Å². The molecule has 0 saturated heterocycles. The van der Waals surface area contributed by atoms with Crippen molar-refractivity contribution in [2.24, 2.45) is 5.92 Å². The van der Waals surface area contributed by atoms with Crippen LogP contribution >= 0.6 is 15.9 Å². The van der Waals surface area contributed by atoms with E-state index < -0.39 is 0 Å². The Hall–Kier alpha value is -0.500. The second-order valence-electron chi connectivity index (χ2n) is 5.44. The number of halogens is 1. The maximum atomic E-state index is 5.72. The highest BCUT2D eigenvalue weighted by molar-refractivity contribution is 9.09. The monoisotopic (exact) mass is 296 g/mol. The van der Waals surface area contributed by atoms with Gasteiger partial charge in [-0.2, -0.15) is 0 Å². The van der Waals surface area contributed by atoms with Crippen LogP contribution in [0.2, 0.25) is 0 Å². The lowest BCUT2D eigenvalue weighted by Crippen LogP contribution is -2.05. The minimum atomic E-state index is 0.338. The van der Waals surface area contributed by atoms with Gasteiger partial charge in [0.15, 0.2) is 0 Å². The van der Waals surface area contributed by atoms with Gasteiger partial charge in [0, 0.05) is 11.2 Å². The van der Waals surface area contributed by atoms with E-state index in [1.165, 1.54) is 24.0 Å². The van der Waals surface area contributed by atoms with Gasteiger partial charge < -0.3 is 4.74 Å². The zero-order valence-corrected chi connectivity index (χ0v) is 12.5. The van der Waals surface area contributed by atoms with Gasteiger partial charge in [0.2, 0.25) is 0 Å². The van der Waals surface area contributed by atoms with E-state index in [4.69, 9.17) is 4.74 Å². The molecule has 1 heterocycles. The highest BCUT2D eigenvalue weighted by atomic mass is 79.9. The molecule has 0 radical (unpaired) electrons. The summed E-state index contributed by atoms with van der Waals surface area (Å²) in [5.74, 6) is 1.85. The summed E-state index contributed by atoms with van der Waals surface area (Å²) in [5.41, 5.74) is 2.76. The van der Waals surface area contributed by atoms with E-state index in [0.29, 0.717) is 10.9 Å². The molecule has 1 aromatic rings. The van der Waals surface area contributed by atoms with Gasteiger partial charge in [-0.15, -0.1) is 0 Å². The van der Waals surface area contributed by atoms with Crippen LogP contribution in [-0.2, 0) is 6.42 Å². The van der Waals surface area contributed by atoms with Crippen molar-refractivity contribution < 1.29 is 4.74 Å². The quantitative estimate of drug-likeness (QED) is 0.720. The van der Waals surface area contributed by atoms with E-state index in [0.717, 1.165) is 18.1 Å². The molecule has 17 heavy (non-hydrogen) atoms. The molecule has 0 spiro atoms. The van der Waals surface area contributed by atoms with Crippen molar-refractivity contribution in [2.45, 2.75) is 51.0 Å². The first kappa shape index (κ1) is 12.9. The Labute approximate surface area is 113 Å². The number of ether oxygens (including phenoxy) is 1. The molecule has 2 unspecified atom stereocenters. The largest absolute Gasteiger partial charge is 0.490 e. The summed E-state index contributed by atoms with van der Waals surface area (Å²) < 4.78 is 5.72. The molecule has 1 aliphatic heterocycles. The summed E-state index contributed by atoms with van der Waals surface area (Å²) in [4.78, 5) is 0.478. The Balaban J connectivity index is 2.05. The lowest BCUT2D eigenvalue weighted by atomic mass is 10.00. The molecule has 94 valence electrons. The van der Waals surface area contributed by atoms with Gasteiger partial charge in [0.25, 0.3) is 0 Å². The van der Waals surface area contributed by atoms with E-state index >= 15 is 0 Å². The predicted octanol–water partition coefficient (Wildman–Crippen LogP) is 4.88. The van der Waals surface area contributed by atoms with Crippen molar-refractivity contribution in [2.75, 3.05) is 0 Å². The number of benzene rings is 1. The van der Waals surface area contributed by atoms with Crippen molar-refractivity contribution in [1.29, 1.82) is 0 Å². The second-order valence-corrected chi connectivity index (χ2v) is 6.54. The maximum Gasteiger partial charge on any atom is 0.123 e. The fourth-order valence-corrected chi connectivity index (χ4v) is 2.83. The number of fused-ring (bicyclic) bond motifs is 1. The minimum absolute atomic E-state index is 0.338. The van der Waals surface area contributed by atoms with Gasteiger partial charge in [0.05, 0.1) is 0 Å². The smallest absolute Gasteiger partial charge is 0.123 e. The van der Waals surface area contributed by atoms with E-state index in [2.05, 4.69) is 54.9 Å². The topological polar surface area (TPSA) is 9.23 Å². The maximum absolute atomic E-state index is 5.72. The summed E-state index contributed by atoms with van der Waals surface area (Å²) in [6.45, 7) is 6.68. The number of alkyl halides is 1. The summed E-state index contributed by atoms with van der Waals surface area (Å²) in [5, 5.41) is 0. The summed E-state index contributed by atoms with van der Waals surface area (Å²) >= 11 is 3.80. The van der Waals surface area contributed by atoms with E-state index in [1.54, 1.807) is 0 Å². The van der Waals surface area contributed by atoms with Crippen LogP contribution in [-0.4, -0.2) is 6.10 Å². The molecule has 1 aliphatic rings. The van der Waals surface area contributed by atoms with Crippen molar-refractivity contribution in [3.8, 4) is 5.75 Å². The lowest BCUT2D eigenvalue weighted by Gasteiger charge is -2.12. The first-order chi connectivity index (χ1) is 8.06. The third-order valence-corrected chi connectivity index (χ3v) is 4.27. The van der Waals surface area contributed by atoms with E-state index in [9.17, 15) is 0 Å². The molecule has 0 N–H and O–H groups in total. The van der Waals surface area contributed by atoms with Gasteiger partial charge in [-0.05, 0) is 42.9 Å². The Morgan fingerprint density at radius 2 is 2.12 bits per heavy atom. The van der Waals surface area contributed by atoms with Crippen molar-refractivity contribution in [3.63, 3.8) is 0 Å². The fraction of sp³-hybridized carbons (Fsp3) is 0.600. The Morgan fingerprint density at radius 3 is 2.82 bits per heavy atom. The Kier molecular flexibility index (Phi) is 4.13. The Morgan fingerprint density at radius 1 is 1.35 bits per heavy atom. The molecule has 2 heteroatoms. The second kappa shape index (κ2) is 5.43. The summed E-state index contributed by atoms with van der Waals surface area (Å²) in [7, 11) is 0. The molecule has 1 aromatic carbocycles. The van der Waals surface area contributed by atoms with Gasteiger partial charge in [-0.3, -0.25) is 0 Å². The highest BCUT2D eigenvalue weighted by Gasteiger charge is 2.20. The molecule has 0 bridgehead atoms. The number of hydrogen-bond acceptors (Lipinski definition) is 1. The molecule has 2 rings (SSSR count). The van der Waals surface area contributed by atoms with Crippen LogP contribution in [0.1, 0.15) is 49.6 Å². The summed E-state index contributed by atoms with van der Waals surface area (Å²) in [6, 6.07) is 6.62. The van der Waals surface area contributed by atoms with E-state index in [1.807, 2.05) is 0 Å². The van der Waals surface area contributed by atoms with Crippen LogP contribution in [0.25, 0.3) is 0 Å². The SMILES string of the molecule is CC(C)CCC(Br)c1ccc2c(c1)CC(C)O2. The van der Waals surface area contributed by atoms with Crippen LogP contribution in [0.3, 0.4) is 0 Å². The van der Waals surface area contributed by atoms with E-state index in [-0.39, 0.29) is 0 Å². The predicted molar refractivity (Wildman–Crippen MR) is 76.0 cm³/mol. The van der Waals surface area contributed by atoms with Crippen LogP contribution in [0.4, 0.5) is 0 Å². The zero-order valence-electron chi connectivity index (χ0n) is 10.9. The Bertz CT molecular complexity index is 387. The normalized spacial score (nSPS) is 20.2. The molecule has 1 nitrogen and oxygen atoms in total. The van der Waals surface area contributed by atoms with Crippen molar-refractivity contribution >= 4 is 15.9 Å². The number of hydrogen-bond donors (Lipinski definition) is 0. The third-order valence-electron chi connectivity index (χ3n) is 3.28. The molecule has 0 amide bonds. The third kappa shape index (κ3) is 3.25. The first-order valence-corrected chi connectivity index (χ1v) is 7.41. The van der Waals surface area contributed by atoms with Crippen LogP contribution in [0.15, 0.2) is 18.2 Å². The van der Waals surface area contributed by atoms with Crippen molar-refractivity contribution in [1.82, 2.24) is 0 Å².